The number of hydrogen-bond donors (Lipinski definition) is 0. The van der Waals surface area contributed by atoms with E-state index in [1.54, 1.807) is 0 Å². The van der Waals surface area contributed by atoms with Gasteiger partial charge in [-0.15, -0.1) is 0 Å². The lowest BCUT2D eigenvalue weighted by Crippen LogP contribution is -2.54. The van der Waals surface area contributed by atoms with Gasteiger partial charge in [-0.1, -0.05) is 40.5 Å². The molecule has 2 heterocycles. The van der Waals surface area contributed by atoms with Crippen molar-refractivity contribution >= 4 is 0 Å². The van der Waals surface area contributed by atoms with Crippen LogP contribution in [-0.2, 0) is 9.47 Å². The maximum absolute atomic E-state index is 6.92. The van der Waals surface area contributed by atoms with Gasteiger partial charge in [0.1, 0.15) is 0 Å². The monoisotopic (exact) mass is 400 g/mol. The van der Waals surface area contributed by atoms with Gasteiger partial charge in [0.05, 0.1) is 12.7 Å². The fraction of sp³-hybridized carbons (Fsp3) is 1.00. The standard InChI is InChI=1S/C27H44O2/c1-17-10-14-27(28-16-17)18(2)24-23(29-27)15-22-20-9-8-19-7-5-6-12-25(19,3)21(20)11-13-26(22,24)4/h17-24H,5-16H2,1-4H3/t17?,18-,19+,20+,21-,22-,23-,24-,25-,26-,27+/m0/s1. The normalized spacial score (nSPS) is 61.7. The SMILES string of the molecule is CC1CC[C@@]2(OC1)O[C@H]1C[C@H]3[C@@H]4CC[C@H]5CCCC[C@]5(C)[C@H]4CC[C@]3(C)[C@H]1[C@@H]2C. The minimum absolute atomic E-state index is 0.250. The van der Waals surface area contributed by atoms with Gasteiger partial charge in [0, 0.05) is 12.3 Å². The summed E-state index contributed by atoms with van der Waals surface area (Å²) >= 11 is 0. The van der Waals surface area contributed by atoms with Crippen LogP contribution in [0.25, 0.3) is 0 Å². The molecule has 0 bridgehead atoms. The molecule has 2 saturated heterocycles. The lowest BCUT2D eigenvalue weighted by Gasteiger charge is -2.61. The smallest absolute Gasteiger partial charge is 0.171 e. The molecule has 6 aliphatic rings. The second-order valence-electron chi connectivity index (χ2n) is 12.9. The average Bonchev–Trinajstić information content (AvgIpc) is 3.15. The Balaban J connectivity index is 1.27. The molecule has 6 fully saturated rings. The molecule has 1 spiro atoms. The predicted octanol–water partition coefficient (Wildman–Crippen LogP) is 6.82. The van der Waals surface area contributed by atoms with Gasteiger partial charge in [-0.3, -0.25) is 0 Å². The Kier molecular flexibility index (Phi) is 4.37. The summed E-state index contributed by atoms with van der Waals surface area (Å²) < 4.78 is 13.4. The van der Waals surface area contributed by atoms with Crippen LogP contribution in [0.5, 0.6) is 0 Å². The summed E-state index contributed by atoms with van der Waals surface area (Å²) in [6, 6.07) is 0. The van der Waals surface area contributed by atoms with E-state index < -0.39 is 0 Å². The summed E-state index contributed by atoms with van der Waals surface area (Å²) in [7, 11) is 0. The highest BCUT2D eigenvalue weighted by Crippen LogP contribution is 2.71. The molecule has 6 rings (SSSR count). The minimum atomic E-state index is -0.250. The zero-order valence-electron chi connectivity index (χ0n) is 19.4. The van der Waals surface area contributed by atoms with Crippen LogP contribution < -0.4 is 0 Å². The molecule has 2 heteroatoms. The van der Waals surface area contributed by atoms with Gasteiger partial charge in [-0.05, 0) is 97.7 Å². The molecule has 0 radical (unpaired) electrons. The number of rotatable bonds is 0. The van der Waals surface area contributed by atoms with E-state index in [1.807, 2.05) is 0 Å². The second kappa shape index (κ2) is 6.47. The van der Waals surface area contributed by atoms with Gasteiger partial charge >= 0.3 is 0 Å². The highest BCUT2D eigenvalue weighted by molar-refractivity contribution is 5.15. The van der Waals surface area contributed by atoms with Gasteiger partial charge in [-0.2, -0.15) is 0 Å². The number of ether oxygens (including phenoxy) is 2. The molecule has 0 aromatic heterocycles. The zero-order chi connectivity index (χ0) is 20.0. The zero-order valence-corrected chi connectivity index (χ0v) is 19.4. The highest BCUT2D eigenvalue weighted by Gasteiger charge is 2.68. The lowest BCUT2D eigenvalue weighted by molar-refractivity contribution is -0.273. The quantitative estimate of drug-likeness (QED) is 0.444. The molecule has 4 aliphatic carbocycles. The fourth-order valence-electron chi connectivity index (χ4n) is 10.3. The third-order valence-electron chi connectivity index (χ3n) is 11.9. The summed E-state index contributed by atoms with van der Waals surface area (Å²) in [5.41, 5.74) is 1.13. The first kappa shape index (κ1) is 19.6. The van der Waals surface area contributed by atoms with Crippen molar-refractivity contribution < 1.29 is 9.47 Å². The molecule has 2 nitrogen and oxygen atoms in total. The highest BCUT2D eigenvalue weighted by atomic mass is 16.7. The lowest BCUT2D eigenvalue weighted by atomic mass is 9.44. The summed E-state index contributed by atoms with van der Waals surface area (Å²) in [6.45, 7) is 11.1. The Morgan fingerprint density at radius 3 is 2.45 bits per heavy atom. The van der Waals surface area contributed by atoms with Crippen LogP contribution in [0.3, 0.4) is 0 Å². The van der Waals surface area contributed by atoms with E-state index in [4.69, 9.17) is 9.47 Å². The maximum Gasteiger partial charge on any atom is 0.171 e. The molecular weight excluding hydrogens is 356 g/mol. The summed E-state index contributed by atoms with van der Waals surface area (Å²) in [5, 5.41) is 0. The molecule has 4 saturated carbocycles. The molecule has 29 heavy (non-hydrogen) atoms. The van der Waals surface area contributed by atoms with Crippen LogP contribution in [0.2, 0.25) is 0 Å². The summed E-state index contributed by atoms with van der Waals surface area (Å²) in [5.74, 6) is 5.62. The van der Waals surface area contributed by atoms with E-state index in [1.165, 1.54) is 64.2 Å². The van der Waals surface area contributed by atoms with Gasteiger partial charge in [-0.25, -0.2) is 0 Å². The molecule has 0 aromatic carbocycles. The molecule has 2 aliphatic heterocycles. The first-order valence-corrected chi connectivity index (χ1v) is 13.2. The Hall–Kier alpha value is -0.0800. The molecule has 1 unspecified atom stereocenters. The third kappa shape index (κ3) is 2.54. The first-order valence-electron chi connectivity index (χ1n) is 13.2. The van der Waals surface area contributed by atoms with Crippen LogP contribution >= 0.6 is 0 Å². The van der Waals surface area contributed by atoms with Gasteiger partial charge in [0.25, 0.3) is 0 Å². The van der Waals surface area contributed by atoms with Crippen molar-refractivity contribution in [1.29, 1.82) is 0 Å². The van der Waals surface area contributed by atoms with Crippen molar-refractivity contribution in [2.45, 2.75) is 110 Å². The molecule has 164 valence electrons. The van der Waals surface area contributed by atoms with Crippen molar-refractivity contribution in [3.63, 3.8) is 0 Å². The van der Waals surface area contributed by atoms with Crippen LogP contribution in [0.4, 0.5) is 0 Å². The summed E-state index contributed by atoms with van der Waals surface area (Å²) in [4.78, 5) is 0. The second-order valence-corrected chi connectivity index (χ2v) is 12.9. The van der Waals surface area contributed by atoms with Crippen molar-refractivity contribution in [3.05, 3.63) is 0 Å². The van der Waals surface area contributed by atoms with E-state index in [2.05, 4.69) is 27.7 Å². The van der Waals surface area contributed by atoms with Crippen molar-refractivity contribution in [3.8, 4) is 0 Å². The third-order valence-corrected chi connectivity index (χ3v) is 11.9. The Morgan fingerprint density at radius 1 is 0.793 bits per heavy atom. The van der Waals surface area contributed by atoms with Gasteiger partial charge in [0.15, 0.2) is 5.79 Å². The Morgan fingerprint density at radius 2 is 1.66 bits per heavy atom. The van der Waals surface area contributed by atoms with E-state index in [-0.39, 0.29) is 5.79 Å². The average molecular weight is 401 g/mol. The molecule has 0 N–H and O–H groups in total. The van der Waals surface area contributed by atoms with Crippen molar-refractivity contribution in [2.24, 2.45) is 52.3 Å². The fourth-order valence-corrected chi connectivity index (χ4v) is 10.3. The van der Waals surface area contributed by atoms with E-state index >= 15 is 0 Å². The van der Waals surface area contributed by atoms with Crippen molar-refractivity contribution in [1.82, 2.24) is 0 Å². The molecule has 0 aromatic rings. The Bertz CT molecular complexity index is 651. The van der Waals surface area contributed by atoms with Gasteiger partial charge < -0.3 is 9.47 Å². The van der Waals surface area contributed by atoms with Gasteiger partial charge in [0.2, 0.25) is 0 Å². The number of hydrogen-bond acceptors (Lipinski definition) is 2. The largest absolute Gasteiger partial charge is 0.349 e. The van der Waals surface area contributed by atoms with E-state index in [0.717, 1.165) is 42.6 Å². The molecule has 11 atom stereocenters. The Labute approximate surface area is 178 Å². The summed E-state index contributed by atoms with van der Waals surface area (Å²) in [6.07, 6.45) is 16.2. The number of fused-ring (bicyclic) bond motifs is 7. The predicted molar refractivity (Wildman–Crippen MR) is 116 cm³/mol. The van der Waals surface area contributed by atoms with Crippen LogP contribution in [-0.4, -0.2) is 18.5 Å². The van der Waals surface area contributed by atoms with E-state index in [0.29, 0.717) is 28.8 Å². The van der Waals surface area contributed by atoms with Crippen LogP contribution in [0.1, 0.15) is 98.3 Å². The maximum atomic E-state index is 6.92. The van der Waals surface area contributed by atoms with Crippen LogP contribution in [0, 0.1) is 52.3 Å². The molecular formula is C27H44O2. The van der Waals surface area contributed by atoms with Crippen molar-refractivity contribution in [2.75, 3.05) is 6.61 Å². The minimum Gasteiger partial charge on any atom is -0.349 e. The topological polar surface area (TPSA) is 18.5 Å². The van der Waals surface area contributed by atoms with Crippen LogP contribution in [0.15, 0.2) is 0 Å². The molecule has 0 amide bonds. The first-order chi connectivity index (χ1) is 13.9. The van der Waals surface area contributed by atoms with E-state index in [9.17, 15) is 0 Å².